The van der Waals surface area contributed by atoms with E-state index in [9.17, 15) is 4.79 Å². The third kappa shape index (κ3) is 4.83. The number of hydrogen-bond donors (Lipinski definition) is 0. The van der Waals surface area contributed by atoms with E-state index < -0.39 is 8.32 Å². The number of ketones is 1. The van der Waals surface area contributed by atoms with Gasteiger partial charge in [0.1, 0.15) is 5.75 Å². The Bertz CT molecular complexity index is 526. The lowest BCUT2D eigenvalue weighted by atomic mass is 9.90. The van der Waals surface area contributed by atoms with Crippen molar-refractivity contribution in [2.75, 3.05) is 7.11 Å². The van der Waals surface area contributed by atoms with Gasteiger partial charge >= 0.3 is 0 Å². The number of carbonyl (C=O) groups excluding carboxylic acids is 1. The van der Waals surface area contributed by atoms with Crippen LogP contribution in [-0.2, 0) is 9.22 Å². The van der Waals surface area contributed by atoms with Crippen LogP contribution in [0.3, 0.4) is 0 Å². The van der Waals surface area contributed by atoms with E-state index in [-0.39, 0.29) is 11.9 Å². The molecule has 1 saturated carbocycles. The maximum Gasteiger partial charge on any atom is 0.184 e. The highest BCUT2D eigenvalue weighted by Crippen LogP contribution is 2.27. The molecule has 0 aliphatic heterocycles. The van der Waals surface area contributed by atoms with Gasteiger partial charge in [0.2, 0.25) is 0 Å². The molecule has 0 saturated heterocycles. The molecular weight excluding hydrogens is 280 g/mol. The Balaban J connectivity index is 2.02. The van der Waals surface area contributed by atoms with Crippen molar-refractivity contribution >= 4 is 20.2 Å². The molecule has 0 N–H and O–H groups in total. The molecule has 1 aromatic carbocycles. The zero-order valence-corrected chi connectivity index (χ0v) is 14.3. The first-order valence-corrected chi connectivity index (χ1v) is 10.8. The van der Waals surface area contributed by atoms with E-state index in [0.29, 0.717) is 6.42 Å². The molecule has 0 amide bonds. The fourth-order valence-corrected chi connectivity index (χ4v) is 3.75. The summed E-state index contributed by atoms with van der Waals surface area (Å²) in [6.07, 6.45) is 4.37. The standard InChI is InChI=1S/C17H24O3Si/c1-19-15-8-5-13(6-9-15)11-14-7-10-16(12-17(14)18)20-21(2,3)4/h5-6,8-9,11,16H,7,10,12H2,1-4H3/b14-11-. The Labute approximate surface area is 128 Å². The van der Waals surface area contributed by atoms with E-state index in [1.54, 1.807) is 7.11 Å². The monoisotopic (exact) mass is 304 g/mol. The van der Waals surface area contributed by atoms with Crippen LogP contribution in [0.1, 0.15) is 24.8 Å². The van der Waals surface area contributed by atoms with E-state index in [1.165, 1.54) is 0 Å². The summed E-state index contributed by atoms with van der Waals surface area (Å²) in [6, 6.07) is 7.78. The topological polar surface area (TPSA) is 35.5 Å². The number of Topliss-reactive ketones (excluding diaryl/α,β-unsaturated/α-hetero) is 1. The van der Waals surface area contributed by atoms with Crippen molar-refractivity contribution in [3.63, 3.8) is 0 Å². The zero-order valence-electron chi connectivity index (χ0n) is 13.3. The molecule has 1 aliphatic carbocycles. The molecule has 21 heavy (non-hydrogen) atoms. The van der Waals surface area contributed by atoms with E-state index in [2.05, 4.69) is 19.6 Å². The van der Waals surface area contributed by atoms with Crippen LogP contribution in [0.2, 0.25) is 19.6 Å². The summed E-state index contributed by atoms with van der Waals surface area (Å²) in [7, 11) is 0.0831. The van der Waals surface area contributed by atoms with Gasteiger partial charge in [-0.05, 0) is 61.8 Å². The van der Waals surface area contributed by atoms with Crippen LogP contribution in [0.15, 0.2) is 29.8 Å². The fourth-order valence-electron chi connectivity index (χ4n) is 2.55. The Morgan fingerprint density at radius 3 is 2.38 bits per heavy atom. The molecule has 1 fully saturated rings. The second kappa shape index (κ2) is 6.58. The number of hydrogen-bond acceptors (Lipinski definition) is 3. The number of carbonyl (C=O) groups is 1. The van der Waals surface area contributed by atoms with Crippen LogP contribution in [0.25, 0.3) is 6.08 Å². The zero-order chi connectivity index (χ0) is 15.5. The summed E-state index contributed by atoms with van der Waals surface area (Å²) in [6.45, 7) is 6.50. The van der Waals surface area contributed by atoms with Crippen molar-refractivity contribution in [3.8, 4) is 5.75 Å². The minimum absolute atomic E-state index is 0.109. The first-order valence-electron chi connectivity index (χ1n) is 7.43. The van der Waals surface area contributed by atoms with Crippen LogP contribution < -0.4 is 4.74 Å². The second-order valence-corrected chi connectivity index (χ2v) is 10.9. The molecule has 0 spiro atoms. The van der Waals surface area contributed by atoms with Gasteiger partial charge in [0.25, 0.3) is 0 Å². The number of methoxy groups -OCH3 is 1. The fraction of sp³-hybridized carbons (Fsp3) is 0.471. The van der Waals surface area contributed by atoms with Crippen molar-refractivity contribution in [1.29, 1.82) is 0 Å². The molecule has 3 nitrogen and oxygen atoms in total. The van der Waals surface area contributed by atoms with Gasteiger partial charge in [0.15, 0.2) is 14.1 Å². The molecule has 0 heterocycles. The number of rotatable bonds is 4. The van der Waals surface area contributed by atoms with Gasteiger partial charge in [0.05, 0.1) is 13.2 Å². The largest absolute Gasteiger partial charge is 0.497 e. The molecule has 1 aliphatic rings. The van der Waals surface area contributed by atoms with Crippen molar-refractivity contribution < 1.29 is 14.0 Å². The number of allylic oxidation sites excluding steroid dienone is 1. The van der Waals surface area contributed by atoms with Gasteiger partial charge in [0, 0.05) is 6.42 Å². The summed E-state index contributed by atoms with van der Waals surface area (Å²) >= 11 is 0. The lowest BCUT2D eigenvalue weighted by Crippen LogP contribution is -2.35. The summed E-state index contributed by atoms with van der Waals surface area (Å²) in [5.41, 5.74) is 1.96. The average Bonchev–Trinajstić information content (AvgIpc) is 2.41. The van der Waals surface area contributed by atoms with Crippen molar-refractivity contribution in [2.24, 2.45) is 0 Å². The van der Waals surface area contributed by atoms with Crippen LogP contribution in [0, 0.1) is 0 Å². The Kier molecular flexibility index (Phi) is 5.01. The van der Waals surface area contributed by atoms with Crippen LogP contribution in [0.4, 0.5) is 0 Å². The molecule has 114 valence electrons. The highest BCUT2D eigenvalue weighted by atomic mass is 28.4. The maximum absolute atomic E-state index is 12.3. The lowest BCUT2D eigenvalue weighted by molar-refractivity contribution is -0.118. The van der Waals surface area contributed by atoms with Gasteiger partial charge in [-0.25, -0.2) is 0 Å². The normalized spacial score (nSPS) is 21.6. The van der Waals surface area contributed by atoms with Gasteiger partial charge in [-0.1, -0.05) is 12.1 Å². The SMILES string of the molecule is COc1ccc(/C=C2/CCC(O[Si](C)(C)C)CC2=O)cc1. The Morgan fingerprint density at radius 2 is 1.86 bits per heavy atom. The molecular formula is C17H24O3Si. The number of benzene rings is 1. The molecule has 0 bridgehead atoms. The molecule has 1 unspecified atom stereocenters. The molecule has 2 rings (SSSR count). The van der Waals surface area contributed by atoms with Crippen molar-refractivity contribution in [3.05, 3.63) is 35.4 Å². The van der Waals surface area contributed by atoms with E-state index >= 15 is 0 Å². The molecule has 1 atom stereocenters. The second-order valence-electron chi connectivity index (χ2n) is 6.46. The quantitative estimate of drug-likeness (QED) is 0.622. The van der Waals surface area contributed by atoms with E-state index in [4.69, 9.17) is 9.16 Å². The van der Waals surface area contributed by atoms with Crippen LogP contribution >= 0.6 is 0 Å². The van der Waals surface area contributed by atoms with Gasteiger partial charge < -0.3 is 9.16 Å². The minimum Gasteiger partial charge on any atom is -0.497 e. The third-order valence-corrected chi connectivity index (χ3v) is 4.52. The first-order chi connectivity index (χ1) is 9.87. The summed E-state index contributed by atoms with van der Waals surface area (Å²) in [5.74, 6) is 1.05. The summed E-state index contributed by atoms with van der Waals surface area (Å²) < 4.78 is 11.2. The number of ether oxygens (including phenoxy) is 1. The third-order valence-electron chi connectivity index (χ3n) is 3.48. The Morgan fingerprint density at radius 1 is 1.19 bits per heavy atom. The molecule has 1 aromatic rings. The molecule has 0 aromatic heterocycles. The summed E-state index contributed by atoms with van der Waals surface area (Å²) in [5, 5.41) is 0. The molecule has 4 heteroatoms. The van der Waals surface area contributed by atoms with E-state index in [0.717, 1.165) is 29.7 Å². The van der Waals surface area contributed by atoms with Crippen LogP contribution in [0.5, 0.6) is 5.75 Å². The highest BCUT2D eigenvalue weighted by Gasteiger charge is 2.28. The van der Waals surface area contributed by atoms with E-state index in [1.807, 2.05) is 30.3 Å². The minimum atomic E-state index is -1.57. The first kappa shape index (κ1) is 16.0. The Hall–Kier alpha value is -1.39. The van der Waals surface area contributed by atoms with Crippen molar-refractivity contribution in [2.45, 2.75) is 45.0 Å². The highest BCUT2D eigenvalue weighted by molar-refractivity contribution is 6.69. The lowest BCUT2D eigenvalue weighted by Gasteiger charge is -2.29. The van der Waals surface area contributed by atoms with Gasteiger partial charge in [-0.15, -0.1) is 0 Å². The average molecular weight is 304 g/mol. The predicted molar refractivity (Wildman–Crippen MR) is 88.0 cm³/mol. The van der Waals surface area contributed by atoms with Gasteiger partial charge in [-0.3, -0.25) is 4.79 Å². The van der Waals surface area contributed by atoms with Gasteiger partial charge in [-0.2, -0.15) is 0 Å². The predicted octanol–water partition coefficient (Wildman–Crippen LogP) is 4.05. The smallest absolute Gasteiger partial charge is 0.184 e. The molecule has 0 radical (unpaired) electrons. The van der Waals surface area contributed by atoms with Crippen molar-refractivity contribution in [1.82, 2.24) is 0 Å². The maximum atomic E-state index is 12.3. The summed E-state index contributed by atoms with van der Waals surface area (Å²) in [4.78, 5) is 12.3. The van der Waals surface area contributed by atoms with Crippen LogP contribution in [-0.4, -0.2) is 27.3 Å².